The summed E-state index contributed by atoms with van der Waals surface area (Å²) in [5.74, 6) is 2.91. The molecule has 0 spiro atoms. The predicted octanol–water partition coefficient (Wildman–Crippen LogP) is 3.46. The van der Waals surface area contributed by atoms with E-state index in [9.17, 15) is 9.90 Å². The maximum atomic E-state index is 12.3. The van der Waals surface area contributed by atoms with Crippen molar-refractivity contribution >= 4 is 5.91 Å². The number of nitrogens with zero attached hydrogens (tertiary/aromatic N) is 3. The van der Waals surface area contributed by atoms with Crippen molar-refractivity contribution in [2.45, 2.75) is 71.9 Å². The molecule has 1 fully saturated rings. The van der Waals surface area contributed by atoms with Crippen molar-refractivity contribution in [2.75, 3.05) is 0 Å². The lowest BCUT2D eigenvalue weighted by Crippen LogP contribution is -2.24. The zero-order chi connectivity index (χ0) is 19.4. The first-order valence-electron chi connectivity index (χ1n) is 9.92. The first-order valence-corrected chi connectivity index (χ1v) is 9.92. The number of phenols is 1. The zero-order valence-corrected chi connectivity index (χ0v) is 16.5. The third kappa shape index (κ3) is 5.31. The second kappa shape index (κ2) is 8.55. The number of aromatic hydroxyl groups is 1. The van der Waals surface area contributed by atoms with Gasteiger partial charge in [0.25, 0.3) is 0 Å². The van der Waals surface area contributed by atoms with E-state index in [4.69, 9.17) is 0 Å². The van der Waals surface area contributed by atoms with Crippen molar-refractivity contribution in [3.63, 3.8) is 0 Å². The van der Waals surface area contributed by atoms with Gasteiger partial charge in [0, 0.05) is 31.8 Å². The minimum Gasteiger partial charge on any atom is -0.508 e. The number of hydrogen-bond acceptors (Lipinski definition) is 4. The van der Waals surface area contributed by atoms with Gasteiger partial charge in [-0.2, -0.15) is 0 Å². The van der Waals surface area contributed by atoms with Crippen LogP contribution in [0.25, 0.3) is 0 Å². The zero-order valence-electron chi connectivity index (χ0n) is 16.5. The third-order valence-corrected chi connectivity index (χ3v) is 5.07. The van der Waals surface area contributed by atoms with Gasteiger partial charge in [-0.3, -0.25) is 4.79 Å². The minimum atomic E-state index is 0.0107. The molecule has 0 bridgehead atoms. The van der Waals surface area contributed by atoms with Crippen LogP contribution in [-0.2, 0) is 24.2 Å². The molecule has 1 aliphatic rings. The Balaban J connectivity index is 1.54. The summed E-state index contributed by atoms with van der Waals surface area (Å²) in [6.45, 7) is 6.84. The van der Waals surface area contributed by atoms with E-state index in [1.54, 1.807) is 12.1 Å². The summed E-state index contributed by atoms with van der Waals surface area (Å²) < 4.78 is 2.28. The average Bonchev–Trinajstić information content (AvgIpc) is 3.37. The van der Waals surface area contributed by atoms with Crippen LogP contribution in [0, 0.1) is 12.8 Å². The Morgan fingerprint density at radius 1 is 1.26 bits per heavy atom. The molecule has 3 rings (SSSR count). The van der Waals surface area contributed by atoms with Crippen LogP contribution in [0.2, 0.25) is 0 Å². The smallest absolute Gasteiger partial charge is 0.220 e. The van der Waals surface area contributed by atoms with Gasteiger partial charge in [0.2, 0.25) is 5.91 Å². The number of nitrogens with one attached hydrogen (secondary N) is 1. The molecule has 0 unspecified atom stereocenters. The lowest BCUT2D eigenvalue weighted by Gasteiger charge is -2.11. The first-order chi connectivity index (χ1) is 12.9. The van der Waals surface area contributed by atoms with E-state index in [0.29, 0.717) is 31.3 Å². The van der Waals surface area contributed by atoms with Crippen molar-refractivity contribution < 1.29 is 9.90 Å². The summed E-state index contributed by atoms with van der Waals surface area (Å²) >= 11 is 0. The highest BCUT2D eigenvalue weighted by Gasteiger charge is 2.29. The molecule has 1 aliphatic carbocycles. The molecule has 0 saturated heterocycles. The quantitative estimate of drug-likeness (QED) is 0.708. The lowest BCUT2D eigenvalue weighted by atomic mass is 10.1. The number of carbonyl (C=O) groups excluding carboxylic acids is 1. The number of carbonyl (C=O) groups is 1. The van der Waals surface area contributed by atoms with Gasteiger partial charge in [-0.15, -0.1) is 10.2 Å². The Bertz CT molecular complexity index is 793. The maximum absolute atomic E-state index is 12.3. The molecule has 1 amide bonds. The second-order valence-corrected chi connectivity index (χ2v) is 7.95. The molecule has 1 saturated carbocycles. The summed E-state index contributed by atoms with van der Waals surface area (Å²) in [4.78, 5) is 12.3. The van der Waals surface area contributed by atoms with Crippen LogP contribution in [0.1, 0.15) is 68.3 Å². The molecule has 2 aromatic rings. The number of hydrogen-bond donors (Lipinski definition) is 2. The predicted molar refractivity (Wildman–Crippen MR) is 104 cm³/mol. The molecular weight excluding hydrogens is 340 g/mol. The first kappa shape index (κ1) is 19.4. The van der Waals surface area contributed by atoms with E-state index < -0.39 is 0 Å². The van der Waals surface area contributed by atoms with E-state index >= 15 is 0 Å². The SMILES string of the molecule is Cc1cc(O)ccc1CNC(=O)CCc1nnc(CCC(C)C)n1C1CC1. The van der Waals surface area contributed by atoms with Crippen molar-refractivity contribution in [3.05, 3.63) is 41.0 Å². The van der Waals surface area contributed by atoms with Gasteiger partial charge in [-0.05, 0) is 55.4 Å². The number of phenolic OH excluding ortho intramolecular Hbond substituents is 1. The molecule has 27 heavy (non-hydrogen) atoms. The highest BCUT2D eigenvalue weighted by molar-refractivity contribution is 5.76. The van der Waals surface area contributed by atoms with Crippen molar-refractivity contribution in [1.29, 1.82) is 0 Å². The number of aryl methyl sites for hydroxylation is 3. The third-order valence-electron chi connectivity index (χ3n) is 5.07. The van der Waals surface area contributed by atoms with Crippen LogP contribution in [-0.4, -0.2) is 25.8 Å². The van der Waals surface area contributed by atoms with E-state index in [1.165, 1.54) is 12.8 Å². The van der Waals surface area contributed by atoms with E-state index in [0.717, 1.165) is 35.6 Å². The highest BCUT2D eigenvalue weighted by atomic mass is 16.3. The molecule has 6 nitrogen and oxygen atoms in total. The fraction of sp³-hybridized carbons (Fsp3) is 0.571. The van der Waals surface area contributed by atoms with Gasteiger partial charge < -0.3 is 15.0 Å². The number of benzene rings is 1. The fourth-order valence-corrected chi connectivity index (χ4v) is 3.26. The average molecular weight is 370 g/mol. The molecule has 0 aliphatic heterocycles. The number of aromatic nitrogens is 3. The van der Waals surface area contributed by atoms with Gasteiger partial charge in [0.05, 0.1) is 0 Å². The molecule has 2 N–H and O–H groups in total. The summed E-state index contributed by atoms with van der Waals surface area (Å²) in [7, 11) is 0. The van der Waals surface area contributed by atoms with Gasteiger partial charge in [0.15, 0.2) is 0 Å². The van der Waals surface area contributed by atoms with Gasteiger partial charge in [-0.1, -0.05) is 19.9 Å². The Morgan fingerprint density at radius 2 is 1.96 bits per heavy atom. The number of rotatable bonds is 9. The largest absolute Gasteiger partial charge is 0.508 e. The maximum Gasteiger partial charge on any atom is 0.220 e. The summed E-state index contributed by atoms with van der Waals surface area (Å²) in [5, 5.41) is 21.2. The Morgan fingerprint density at radius 3 is 2.59 bits per heavy atom. The second-order valence-electron chi connectivity index (χ2n) is 7.95. The van der Waals surface area contributed by atoms with Crippen LogP contribution in [0.5, 0.6) is 5.75 Å². The molecule has 0 atom stereocenters. The van der Waals surface area contributed by atoms with Crippen molar-refractivity contribution in [1.82, 2.24) is 20.1 Å². The van der Waals surface area contributed by atoms with E-state index in [1.807, 2.05) is 13.0 Å². The molecule has 1 aromatic carbocycles. The summed E-state index contributed by atoms with van der Waals surface area (Å²) in [5.41, 5.74) is 1.98. The van der Waals surface area contributed by atoms with E-state index in [2.05, 4.69) is 33.9 Å². The van der Waals surface area contributed by atoms with Crippen LogP contribution < -0.4 is 5.32 Å². The van der Waals surface area contributed by atoms with Crippen LogP contribution in [0.15, 0.2) is 18.2 Å². The topological polar surface area (TPSA) is 80.0 Å². The molecule has 0 radical (unpaired) electrons. The normalized spacial score (nSPS) is 13.9. The van der Waals surface area contributed by atoms with Crippen LogP contribution in [0.3, 0.4) is 0 Å². The van der Waals surface area contributed by atoms with Crippen molar-refractivity contribution in [2.24, 2.45) is 5.92 Å². The summed E-state index contributed by atoms with van der Waals surface area (Å²) in [6.07, 6.45) is 5.46. The highest BCUT2D eigenvalue weighted by Crippen LogP contribution is 2.37. The Hall–Kier alpha value is -2.37. The number of amides is 1. The lowest BCUT2D eigenvalue weighted by molar-refractivity contribution is -0.121. The van der Waals surface area contributed by atoms with Crippen molar-refractivity contribution in [3.8, 4) is 5.75 Å². The molecular formula is C21H30N4O2. The Kier molecular flexibility index (Phi) is 6.14. The van der Waals surface area contributed by atoms with Crippen LogP contribution in [0.4, 0.5) is 0 Å². The monoisotopic (exact) mass is 370 g/mol. The van der Waals surface area contributed by atoms with E-state index in [-0.39, 0.29) is 11.7 Å². The molecule has 6 heteroatoms. The van der Waals surface area contributed by atoms with Crippen LogP contribution >= 0.6 is 0 Å². The molecule has 1 aromatic heterocycles. The summed E-state index contributed by atoms with van der Waals surface area (Å²) in [6, 6.07) is 5.72. The standard InChI is InChI=1S/C21H30N4O2/c1-14(2)4-9-19-23-24-20(25(19)17-6-7-17)10-11-21(27)22-13-16-5-8-18(26)12-15(16)3/h5,8,12,14,17,26H,4,6-7,9-11,13H2,1-3H3,(H,22,27). The minimum absolute atomic E-state index is 0.0107. The molecule has 1 heterocycles. The molecule has 146 valence electrons. The van der Waals surface area contributed by atoms with Gasteiger partial charge in [0.1, 0.15) is 17.4 Å². The fourth-order valence-electron chi connectivity index (χ4n) is 3.26. The van der Waals surface area contributed by atoms with Gasteiger partial charge in [-0.25, -0.2) is 0 Å². The van der Waals surface area contributed by atoms with Gasteiger partial charge >= 0.3 is 0 Å². The Labute approximate surface area is 161 Å².